The molecule has 0 spiro atoms. The Kier molecular flexibility index (Phi) is 3.63. The number of rotatable bonds is 0. The van der Waals surface area contributed by atoms with E-state index in [1.165, 1.54) is 0 Å². The third kappa shape index (κ3) is 2.18. The van der Waals surface area contributed by atoms with Gasteiger partial charge in [-0.3, -0.25) is 4.79 Å². The topological polar surface area (TPSA) is 37.3 Å². The van der Waals surface area contributed by atoms with E-state index < -0.39 is 0 Å². The zero-order chi connectivity index (χ0) is 8.55. The van der Waals surface area contributed by atoms with Crippen LogP contribution in [-0.4, -0.2) is 10.9 Å². The molecule has 1 N–H and O–H groups in total. The smallest absolute Gasteiger partial charge is 0.163 e. The van der Waals surface area contributed by atoms with E-state index in [9.17, 15) is 4.79 Å². The van der Waals surface area contributed by atoms with E-state index in [0.29, 0.717) is 6.42 Å². The molecule has 0 atom stereocenters. The Morgan fingerprint density at radius 3 is 2.77 bits per heavy atom. The number of carbonyl (C=O) groups excluding carboxylic acids is 1. The van der Waals surface area contributed by atoms with Crippen molar-refractivity contribution >= 4 is 5.78 Å². The van der Waals surface area contributed by atoms with Gasteiger partial charge in [-0.25, -0.2) is 0 Å². The number of ketones is 1. The summed E-state index contributed by atoms with van der Waals surface area (Å²) in [7, 11) is 0. The molecule has 1 aliphatic carbocycles. The number of phenolic OH excluding ortho intramolecular Hbond substituents is 1. The number of hydrogen-bond acceptors (Lipinski definition) is 2. The van der Waals surface area contributed by atoms with Gasteiger partial charge in [-0.05, 0) is 36.6 Å². The van der Waals surface area contributed by atoms with Crippen LogP contribution < -0.4 is 0 Å². The number of hydrogen-bond donors (Lipinski definition) is 1. The quantitative estimate of drug-likeness (QED) is 0.764. The summed E-state index contributed by atoms with van der Waals surface area (Å²) in [6.45, 7) is 0. The molecule has 0 unspecified atom stereocenters. The third-order valence-electron chi connectivity index (χ3n) is 2.24. The average molecular weight is 251 g/mol. The summed E-state index contributed by atoms with van der Waals surface area (Å²) in [6, 6.07) is 4.97. The van der Waals surface area contributed by atoms with Crippen molar-refractivity contribution in [2.24, 2.45) is 0 Å². The first-order chi connectivity index (χ1) is 5.77. The molecule has 2 nitrogen and oxygen atoms in total. The second kappa shape index (κ2) is 4.34. The molecule has 0 aliphatic heterocycles. The Hall–Kier alpha value is -0.206. The maximum absolute atomic E-state index is 11.3. The minimum absolute atomic E-state index is 0. The van der Waals surface area contributed by atoms with Gasteiger partial charge in [0.15, 0.2) is 5.78 Å². The van der Waals surface area contributed by atoms with Gasteiger partial charge < -0.3 is 5.11 Å². The van der Waals surface area contributed by atoms with Gasteiger partial charge in [-0.2, -0.15) is 0 Å². The van der Waals surface area contributed by atoms with Crippen molar-refractivity contribution in [1.82, 2.24) is 0 Å². The molecular formula is C10H10O2Y. The molecule has 1 aliphatic rings. The summed E-state index contributed by atoms with van der Waals surface area (Å²) in [5.41, 5.74) is 1.78. The Labute approximate surface area is 102 Å². The molecule has 0 saturated heterocycles. The van der Waals surface area contributed by atoms with Crippen molar-refractivity contribution < 1.29 is 42.6 Å². The van der Waals surface area contributed by atoms with E-state index in [1.807, 2.05) is 0 Å². The standard InChI is InChI=1S/C10H10O2.Y/c11-8-4-5-9-7(6-8)2-1-3-10(9)12;/h4-6,11H,1-3H2;. The van der Waals surface area contributed by atoms with Crippen molar-refractivity contribution in [1.29, 1.82) is 0 Å². The zero-order valence-corrected chi connectivity index (χ0v) is 10.1. The molecule has 0 aromatic heterocycles. The molecule has 0 amide bonds. The molecule has 1 aromatic rings. The van der Waals surface area contributed by atoms with E-state index in [2.05, 4.69) is 0 Å². The van der Waals surface area contributed by atoms with Crippen molar-refractivity contribution in [3.8, 4) is 5.75 Å². The minimum Gasteiger partial charge on any atom is -0.508 e. The van der Waals surface area contributed by atoms with Gasteiger partial charge in [0.1, 0.15) is 5.75 Å². The molecule has 0 bridgehead atoms. The Bertz CT molecular complexity index is 334. The summed E-state index contributed by atoms with van der Waals surface area (Å²) in [4.78, 5) is 11.3. The minimum atomic E-state index is 0. The second-order valence-corrected chi connectivity index (χ2v) is 3.12. The van der Waals surface area contributed by atoms with Gasteiger partial charge in [0.2, 0.25) is 0 Å². The first kappa shape index (κ1) is 10.9. The van der Waals surface area contributed by atoms with Crippen molar-refractivity contribution in [2.75, 3.05) is 0 Å². The van der Waals surface area contributed by atoms with Crippen LogP contribution in [0.1, 0.15) is 28.8 Å². The maximum Gasteiger partial charge on any atom is 0.163 e. The first-order valence-electron chi connectivity index (χ1n) is 4.12. The molecule has 0 saturated carbocycles. The Morgan fingerprint density at radius 1 is 1.23 bits per heavy atom. The van der Waals surface area contributed by atoms with Gasteiger partial charge >= 0.3 is 0 Å². The van der Waals surface area contributed by atoms with Gasteiger partial charge in [-0.15, -0.1) is 0 Å². The van der Waals surface area contributed by atoms with E-state index in [1.54, 1.807) is 18.2 Å². The van der Waals surface area contributed by atoms with Crippen LogP contribution in [0.25, 0.3) is 0 Å². The van der Waals surface area contributed by atoms with Crippen LogP contribution in [-0.2, 0) is 39.1 Å². The monoisotopic (exact) mass is 251 g/mol. The number of fused-ring (bicyclic) bond motifs is 1. The Balaban J connectivity index is 0.000000845. The molecule has 65 valence electrons. The molecule has 3 heteroatoms. The first-order valence-corrected chi connectivity index (χ1v) is 4.12. The summed E-state index contributed by atoms with van der Waals surface area (Å²) in [5, 5.41) is 9.16. The SMILES string of the molecule is O=C1CCCc2cc(O)ccc21.[Y]. The molecular weight excluding hydrogens is 241 g/mol. The fourth-order valence-corrected chi connectivity index (χ4v) is 1.63. The summed E-state index contributed by atoms with van der Waals surface area (Å²) < 4.78 is 0. The zero-order valence-electron chi connectivity index (χ0n) is 7.29. The largest absolute Gasteiger partial charge is 0.508 e. The predicted octanol–water partition coefficient (Wildman–Crippen LogP) is 1.91. The maximum atomic E-state index is 11.3. The third-order valence-corrected chi connectivity index (χ3v) is 2.24. The number of carbonyl (C=O) groups is 1. The number of benzene rings is 1. The normalized spacial score (nSPS) is 14.6. The number of aromatic hydroxyl groups is 1. The van der Waals surface area contributed by atoms with Crippen LogP contribution in [0.3, 0.4) is 0 Å². The molecule has 1 radical (unpaired) electrons. The Morgan fingerprint density at radius 2 is 2.00 bits per heavy atom. The van der Waals surface area contributed by atoms with Gasteiger partial charge in [0.25, 0.3) is 0 Å². The van der Waals surface area contributed by atoms with Crippen LogP contribution in [0.4, 0.5) is 0 Å². The molecule has 0 heterocycles. The van der Waals surface area contributed by atoms with Gasteiger partial charge in [0, 0.05) is 44.7 Å². The van der Waals surface area contributed by atoms with Crippen molar-refractivity contribution in [2.45, 2.75) is 19.3 Å². The summed E-state index contributed by atoms with van der Waals surface area (Å²) in [5.74, 6) is 0.458. The molecule has 1 aromatic carbocycles. The van der Waals surface area contributed by atoms with E-state index in [-0.39, 0.29) is 44.2 Å². The van der Waals surface area contributed by atoms with Crippen LogP contribution >= 0.6 is 0 Å². The van der Waals surface area contributed by atoms with Gasteiger partial charge in [0.05, 0.1) is 0 Å². The van der Waals surface area contributed by atoms with Gasteiger partial charge in [-0.1, -0.05) is 0 Å². The van der Waals surface area contributed by atoms with Crippen molar-refractivity contribution in [3.63, 3.8) is 0 Å². The predicted molar refractivity (Wildman–Crippen MR) is 45.4 cm³/mol. The van der Waals surface area contributed by atoms with E-state index in [4.69, 9.17) is 5.11 Å². The fourth-order valence-electron chi connectivity index (χ4n) is 1.63. The van der Waals surface area contributed by atoms with E-state index >= 15 is 0 Å². The van der Waals surface area contributed by atoms with Crippen LogP contribution in [0.2, 0.25) is 0 Å². The molecule has 13 heavy (non-hydrogen) atoms. The number of aryl methyl sites for hydroxylation is 1. The second-order valence-electron chi connectivity index (χ2n) is 3.12. The summed E-state index contributed by atoms with van der Waals surface area (Å²) >= 11 is 0. The van der Waals surface area contributed by atoms with Crippen LogP contribution in [0.15, 0.2) is 18.2 Å². The fraction of sp³-hybridized carbons (Fsp3) is 0.300. The summed E-state index contributed by atoms with van der Waals surface area (Å²) in [6.07, 6.45) is 2.47. The molecule has 0 fully saturated rings. The van der Waals surface area contributed by atoms with Crippen LogP contribution in [0.5, 0.6) is 5.75 Å². The van der Waals surface area contributed by atoms with E-state index in [0.717, 1.165) is 24.0 Å². The van der Waals surface area contributed by atoms with Crippen LogP contribution in [0, 0.1) is 0 Å². The molecule has 2 rings (SSSR count). The average Bonchev–Trinajstić information content (AvgIpc) is 2.04. The van der Waals surface area contributed by atoms with Crippen molar-refractivity contribution in [3.05, 3.63) is 29.3 Å². The number of phenols is 1. The number of Topliss-reactive ketones (excluding diaryl/α,β-unsaturated/α-hetero) is 1.